The van der Waals surface area contributed by atoms with Gasteiger partial charge in [0.2, 0.25) is 5.89 Å². The van der Waals surface area contributed by atoms with Gasteiger partial charge in [-0.2, -0.15) is 4.98 Å². The molecule has 4 nitrogen and oxygen atoms in total. The minimum absolute atomic E-state index is 0.322. The molecule has 1 unspecified atom stereocenters. The van der Waals surface area contributed by atoms with Crippen molar-refractivity contribution in [2.75, 3.05) is 6.54 Å². The predicted octanol–water partition coefficient (Wildman–Crippen LogP) is 3.90. The Morgan fingerprint density at radius 2 is 2.10 bits per heavy atom. The number of hydrogen-bond donors (Lipinski definition) is 1. The lowest BCUT2D eigenvalue weighted by Crippen LogP contribution is -2.28. The minimum Gasteiger partial charge on any atom is -0.339 e. The molecule has 0 aliphatic heterocycles. The third kappa shape index (κ3) is 4.99. The first-order valence-corrected chi connectivity index (χ1v) is 7.83. The van der Waals surface area contributed by atoms with Crippen LogP contribution in [0, 0.1) is 0 Å². The highest BCUT2D eigenvalue weighted by atomic mass is 35.5. The van der Waals surface area contributed by atoms with E-state index < -0.39 is 0 Å². The normalized spacial score (nSPS) is 12.6. The van der Waals surface area contributed by atoms with Crippen LogP contribution in [-0.2, 0) is 12.8 Å². The molecule has 0 fully saturated rings. The van der Waals surface area contributed by atoms with Crippen molar-refractivity contribution >= 4 is 23.2 Å². The first-order chi connectivity index (χ1) is 10.1. The molecule has 0 aliphatic rings. The molecule has 0 spiro atoms. The van der Waals surface area contributed by atoms with Crippen LogP contribution in [-0.4, -0.2) is 22.7 Å². The summed E-state index contributed by atoms with van der Waals surface area (Å²) >= 11 is 11.9. The van der Waals surface area contributed by atoms with Crippen LogP contribution in [0.1, 0.15) is 37.5 Å². The number of aromatic nitrogens is 2. The Balaban J connectivity index is 1.94. The number of rotatable bonds is 7. The molecule has 0 saturated heterocycles. The highest BCUT2D eigenvalue weighted by molar-refractivity contribution is 6.42. The summed E-state index contributed by atoms with van der Waals surface area (Å²) in [5, 5.41) is 8.48. The molecular weight excluding hydrogens is 309 g/mol. The minimum atomic E-state index is 0.322. The van der Waals surface area contributed by atoms with Crippen molar-refractivity contribution in [1.82, 2.24) is 15.5 Å². The first kappa shape index (κ1) is 16.3. The van der Waals surface area contributed by atoms with E-state index in [4.69, 9.17) is 27.7 Å². The summed E-state index contributed by atoms with van der Waals surface area (Å²) < 4.78 is 5.28. The van der Waals surface area contributed by atoms with E-state index in [0.29, 0.717) is 34.2 Å². The number of halogens is 2. The maximum atomic E-state index is 6.00. The van der Waals surface area contributed by atoms with Gasteiger partial charge in [0.15, 0.2) is 5.82 Å². The highest BCUT2D eigenvalue weighted by Gasteiger charge is 2.11. The molecular formula is C15H19Cl2N3O. The quantitative estimate of drug-likeness (QED) is 0.837. The van der Waals surface area contributed by atoms with E-state index >= 15 is 0 Å². The molecule has 0 radical (unpaired) electrons. The van der Waals surface area contributed by atoms with Gasteiger partial charge in [0.1, 0.15) is 0 Å². The molecule has 1 N–H and O–H groups in total. The molecule has 1 aromatic carbocycles. The summed E-state index contributed by atoms with van der Waals surface area (Å²) in [6.45, 7) is 5.24. The van der Waals surface area contributed by atoms with Crippen molar-refractivity contribution in [3.63, 3.8) is 0 Å². The lowest BCUT2D eigenvalue weighted by Gasteiger charge is -2.09. The van der Waals surface area contributed by atoms with Gasteiger partial charge in [-0.1, -0.05) is 41.3 Å². The SMILES string of the molecule is CCCNC(C)Cc1nc(Cc2ccc(Cl)c(Cl)c2)no1. The van der Waals surface area contributed by atoms with Gasteiger partial charge in [0.25, 0.3) is 0 Å². The lowest BCUT2D eigenvalue weighted by atomic mass is 10.1. The fraction of sp³-hybridized carbons (Fsp3) is 0.467. The van der Waals surface area contributed by atoms with Crippen molar-refractivity contribution in [1.29, 1.82) is 0 Å². The van der Waals surface area contributed by atoms with E-state index in [9.17, 15) is 0 Å². The summed E-state index contributed by atoms with van der Waals surface area (Å²) in [5.41, 5.74) is 1.01. The van der Waals surface area contributed by atoms with Gasteiger partial charge >= 0.3 is 0 Å². The van der Waals surface area contributed by atoms with Gasteiger partial charge in [-0.05, 0) is 37.6 Å². The molecule has 6 heteroatoms. The Morgan fingerprint density at radius 1 is 1.29 bits per heavy atom. The van der Waals surface area contributed by atoms with Crippen LogP contribution in [0.25, 0.3) is 0 Å². The third-order valence-electron chi connectivity index (χ3n) is 3.08. The highest BCUT2D eigenvalue weighted by Crippen LogP contribution is 2.23. The summed E-state index contributed by atoms with van der Waals surface area (Å²) in [7, 11) is 0. The van der Waals surface area contributed by atoms with Crippen LogP contribution in [0.5, 0.6) is 0 Å². The largest absolute Gasteiger partial charge is 0.339 e. The predicted molar refractivity (Wildman–Crippen MR) is 85.0 cm³/mol. The van der Waals surface area contributed by atoms with Crippen LogP contribution in [0.15, 0.2) is 22.7 Å². The van der Waals surface area contributed by atoms with Crippen LogP contribution in [0.4, 0.5) is 0 Å². The molecule has 0 bridgehead atoms. The fourth-order valence-corrected chi connectivity index (χ4v) is 2.32. The number of nitrogens with zero attached hydrogens (tertiary/aromatic N) is 2. The van der Waals surface area contributed by atoms with Crippen molar-refractivity contribution in [3.05, 3.63) is 45.5 Å². The zero-order chi connectivity index (χ0) is 15.2. The zero-order valence-electron chi connectivity index (χ0n) is 12.2. The van der Waals surface area contributed by atoms with Crippen molar-refractivity contribution in [2.24, 2.45) is 0 Å². The van der Waals surface area contributed by atoms with E-state index in [1.54, 1.807) is 6.07 Å². The molecule has 1 heterocycles. The maximum Gasteiger partial charge on any atom is 0.228 e. The number of nitrogens with one attached hydrogen (secondary N) is 1. The van der Waals surface area contributed by atoms with Crippen LogP contribution < -0.4 is 5.32 Å². The second kappa shape index (κ2) is 7.78. The van der Waals surface area contributed by atoms with E-state index in [1.165, 1.54) is 0 Å². The molecule has 114 valence electrons. The van der Waals surface area contributed by atoms with Gasteiger partial charge in [-0.25, -0.2) is 0 Å². The van der Waals surface area contributed by atoms with Gasteiger partial charge in [0, 0.05) is 18.9 Å². The van der Waals surface area contributed by atoms with Crippen molar-refractivity contribution < 1.29 is 4.52 Å². The standard InChI is InChI=1S/C15H19Cl2N3O/c1-3-6-18-10(2)7-15-19-14(20-21-15)9-11-4-5-12(16)13(17)8-11/h4-5,8,10,18H,3,6-7,9H2,1-2H3. The van der Waals surface area contributed by atoms with E-state index in [0.717, 1.165) is 24.9 Å². The Kier molecular flexibility index (Phi) is 6.03. The molecule has 0 aliphatic carbocycles. The summed E-state index contributed by atoms with van der Waals surface area (Å²) in [6.07, 6.45) is 2.42. The number of benzene rings is 1. The first-order valence-electron chi connectivity index (χ1n) is 7.07. The van der Waals surface area contributed by atoms with E-state index in [2.05, 4.69) is 29.3 Å². The van der Waals surface area contributed by atoms with Gasteiger partial charge in [-0.15, -0.1) is 0 Å². The van der Waals surface area contributed by atoms with Crippen molar-refractivity contribution in [2.45, 2.75) is 39.2 Å². The molecule has 2 aromatic rings. The zero-order valence-corrected chi connectivity index (χ0v) is 13.7. The van der Waals surface area contributed by atoms with Gasteiger partial charge in [-0.3, -0.25) is 0 Å². The van der Waals surface area contributed by atoms with Crippen LogP contribution in [0.3, 0.4) is 0 Å². The Bertz CT molecular complexity index is 586. The average molecular weight is 328 g/mol. The van der Waals surface area contributed by atoms with Crippen LogP contribution >= 0.6 is 23.2 Å². The average Bonchev–Trinajstić information content (AvgIpc) is 2.88. The summed E-state index contributed by atoms with van der Waals surface area (Å²) in [4.78, 5) is 4.41. The lowest BCUT2D eigenvalue weighted by molar-refractivity contribution is 0.358. The second-order valence-electron chi connectivity index (χ2n) is 5.09. The molecule has 2 rings (SSSR count). The monoisotopic (exact) mass is 327 g/mol. The van der Waals surface area contributed by atoms with E-state index in [1.807, 2.05) is 12.1 Å². The Hall–Kier alpha value is -1.10. The molecule has 21 heavy (non-hydrogen) atoms. The topological polar surface area (TPSA) is 51.0 Å². The Morgan fingerprint density at radius 3 is 2.81 bits per heavy atom. The van der Waals surface area contributed by atoms with Gasteiger partial charge < -0.3 is 9.84 Å². The maximum absolute atomic E-state index is 6.00. The number of hydrogen-bond acceptors (Lipinski definition) is 4. The molecule has 0 amide bonds. The Labute approximate surface area is 134 Å². The van der Waals surface area contributed by atoms with Crippen molar-refractivity contribution in [3.8, 4) is 0 Å². The van der Waals surface area contributed by atoms with Gasteiger partial charge in [0.05, 0.1) is 10.0 Å². The fourth-order valence-electron chi connectivity index (χ4n) is 2.00. The van der Waals surface area contributed by atoms with E-state index in [-0.39, 0.29) is 0 Å². The molecule has 1 atom stereocenters. The smallest absolute Gasteiger partial charge is 0.228 e. The second-order valence-corrected chi connectivity index (χ2v) is 5.90. The molecule has 0 saturated carbocycles. The third-order valence-corrected chi connectivity index (χ3v) is 3.82. The summed E-state index contributed by atoms with van der Waals surface area (Å²) in [6, 6.07) is 5.83. The van der Waals surface area contributed by atoms with Crippen LogP contribution in [0.2, 0.25) is 10.0 Å². The molecule has 1 aromatic heterocycles. The summed E-state index contributed by atoms with van der Waals surface area (Å²) in [5.74, 6) is 1.31.